The van der Waals surface area contributed by atoms with E-state index >= 15 is 0 Å². The van der Waals surface area contributed by atoms with Crippen molar-refractivity contribution in [1.29, 1.82) is 0 Å². The van der Waals surface area contributed by atoms with Crippen LogP contribution in [-0.2, 0) is 19.6 Å². The minimum Gasteiger partial charge on any atom is -0.381 e. The van der Waals surface area contributed by atoms with Crippen LogP contribution in [0.5, 0.6) is 0 Å². The highest BCUT2D eigenvalue weighted by molar-refractivity contribution is 7.85. The monoisotopic (exact) mass is 350 g/mol. The molecule has 0 aromatic carbocycles. The molecule has 0 amide bonds. The van der Waals surface area contributed by atoms with Crippen LogP contribution in [-0.4, -0.2) is 45.2 Å². The van der Waals surface area contributed by atoms with Gasteiger partial charge in [-0.1, -0.05) is 58.3 Å². The Balaban J connectivity index is 1.71. The van der Waals surface area contributed by atoms with E-state index in [2.05, 4.69) is 6.92 Å². The molecule has 0 bridgehead atoms. The van der Waals surface area contributed by atoms with E-state index in [1.165, 1.54) is 32.1 Å². The van der Waals surface area contributed by atoms with E-state index in [0.29, 0.717) is 6.42 Å². The third kappa shape index (κ3) is 11.9. The first kappa shape index (κ1) is 20.9. The van der Waals surface area contributed by atoms with E-state index in [9.17, 15) is 8.42 Å². The van der Waals surface area contributed by atoms with Crippen molar-refractivity contribution in [2.45, 2.75) is 71.1 Å². The molecule has 23 heavy (non-hydrogen) atoms. The fourth-order valence-corrected chi connectivity index (χ4v) is 3.32. The quantitative estimate of drug-likeness (QED) is 0.359. The molecule has 1 rings (SSSR count). The van der Waals surface area contributed by atoms with Gasteiger partial charge in [-0.15, -0.1) is 0 Å². The lowest BCUT2D eigenvalue weighted by Crippen LogP contribution is -2.43. The summed E-state index contributed by atoms with van der Waals surface area (Å²) < 4.78 is 40.6. The molecule has 1 N–H and O–H groups in total. The van der Waals surface area contributed by atoms with Crippen molar-refractivity contribution in [2.75, 3.05) is 32.2 Å². The molecule has 0 saturated carbocycles. The maximum absolute atomic E-state index is 10.5. The van der Waals surface area contributed by atoms with Gasteiger partial charge in [-0.3, -0.25) is 4.55 Å². The lowest BCUT2D eigenvalue weighted by molar-refractivity contribution is -0.137. The van der Waals surface area contributed by atoms with Crippen molar-refractivity contribution in [2.24, 2.45) is 5.41 Å². The SMILES string of the molecule is CC1(COCCCCCCCCCCCCS(=O)(=O)O)COC1. The highest BCUT2D eigenvalue weighted by atomic mass is 32.2. The summed E-state index contributed by atoms with van der Waals surface area (Å²) in [5.74, 6) is -0.0960. The van der Waals surface area contributed by atoms with E-state index in [1.807, 2.05) is 0 Å². The normalized spacial score (nSPS) is 17.1. The smallest absolute Gasteiger partial charge is 0.264 e. The van der Waals surface area contributed by atoms with Crippen LogP contribution in [0, 0.1) is 5.41 Å². The summed E-state index contributed by atoms with van der Waals surface area (Å²) in [7, 11) is -3.76. The molecule has 138 valence electrons. The number of rotatable bonds is 15. The summed E-state index contributed by atoms with van der Waals surface area (Å²) in [5.41, 5.74) is 0.265. The Morgan fingerprint density at radius 3 is 1.83 bits per heavy atom. The average molecular weight is 351 g/mol. The van der Waals surface area contributed by atoms with Crippen LogP contribution in [0.25, 0.3) is 0 Å². The molecule has 0 aromatic heterocycles. The first-order valence-electron chi connectivity index (χ1n) is 9.02. The maximum Gasteiger partial charge on any atom is 0.264 e. The third-order valence-electron chi connectivity index (χ3n) is 4.29. The van der Waals surface area contributed by atoms with Crippen LogP contribution in [0.3, 0.4) is 0 Å². The first-order chi connectivity index (χ1) is 10.9. The minimum absolute atomic E-state index is 0.0960. The Morgan fingerprint density at radius 1 is 0.913 bits per heavy atom. The standard InChI is InChI=1S/C17H34O5S/c1-17(15-22-16-17)14-21-12-10-8-6-4-2-3-5-7-9-11-13-23(18,19)20/h2-16H2,1H3,(H,18,19,20). The van der Waals surface area contributed by atoms with Crippen molar-refractivity contribution in [3.8, 4) is 0 Å². The van der Waals surface area contributed by atoms with Gasteiger partial charge in [-0.05, 0) is 12.8 Å². The van der Waals surface area contributed by atoms with Gasteiger partial charge in [-0.2, -0.15) is 8.42 Å². The molecule has 1 heterocycles. The van der Waals surface area contributed by atoms with Crippen molar-refractivity contribution in [3.63, 3.8) is 0 Å². The first-order valence-corrected chi connectivity index (χ1v) is 10.6. The van der Waals surface area contributed by atoms with Crippen LogP contribution >= 0.6 is 0 Å². The molecule has 0 aromatic rings. The lowest BCUT2D eigenvalue weighted by Gasteiger charge is -2.37. The second-order valence-corrected chi connectivity index (χ2v) is 8.75. The topological polar surface area (TPSA) is 72.8 Å². The molecule has 0 atom stereocenters. The summed E-state index contributed by atoms with van der Waals surface area (Å²) in [6, 6.07) is 0. The maximum atomic E-state index is 10.5. The molecule has 0 aliphatic carbocycles. The van der Waals surface area contributed by atoms with Crippen LogP contribution in [0.15, 0.2) is 0 Å². The van der Waals surface area contributed by atoms with Gasteiger partial charge in [0.05, 0.1) is 25.6 Å². The van der Waals surface area contributed by atoms with E-state index in [1.54, 1.807) is 0 Å². The predicted molar refractivity (Wildman–Crippen MR) is 92.3 cm³/mol. The molecular weight excluding hydrogens is 316 g/mol. The third-order valence-corrected chi connectivity index (χ3v) is 5.10. The highest BCUT2D eigenvalue weighted by Crippen LogP contribution is 2.26. The Morgan fingerprint density at radius 2 is 1.39 bits per heavy atom. The summed E-state index contributed by atoms with van der Waals surface area (Å²) in [6.45, 7) is 5.57. The van der Waals surface area contributed by atoms with Gasteiger partial charge in [0, 0.05) is 12.0 Å². The predicted octanol–water partition coefficient (Wildman–Crippen LogP) is 3.83. The van der Waals surface area contributed by atoms with Gasteiger partial charge in [0.15, 0.2) is 0 Å². The molecule has 1 aliphatic heterocycles. The van der Waals surface area contributed by atoms with Crippen molar-refractivity contribution >= 4 is 10.1 Å². The van der Waals surface area contributed by atoms with Crippen molar-refractivity contribution < 1.29 is 22.4 Å². The number of hydrogen-bond acceptors (Lipinski definition) is 4. The summed E-state index contributed by atoms with van der Waals surface area (Å²) in [6.07, 6.45) is 11.1. The zero-order chi connectivity index (χ0) is 17.0. The Bertz CT molecular complexity index is 390. The highest BCUT2D eigenvalue weighted by Gasteiger charge is 2.33. The molecule has 0 spiro atoms. The van der Waals surface area contributed by atoms with Gasteiger partial charge in [-0.25, -0.2) is 0 Å². The number of ether oxygens (including phenoxy) is 2. The summed E-state index contributed by atoms with van der Waals surface area (Å²) in [5, 5.41) is 0. The van der Waals surface area contributed by atoms with E-state index in [4.69, 9.17) is 14.0 Å². The Hall–Kier alpha value is -0.170. The zero-order valence-electron chi connectivity index (χ0n) is 14.6. The molecule has 5 nitrogen and oxygen atoms in total. The van der Waals surface area contributed by atoms with Crippen LogP contribution < -0.4 is 0 Å². The van der Waals surface area contributed by atoms with Crippen LogP contribution in [0.2, 0.25) is 0 Å². The second-order valence-electron chi connectivity index (χ2n) is 7.18. The lowest BCUT2D eigenvalue weighted by atomic mass is 9.90. The van der Waals surface area contributed by atoms with Gasteiger partial charge < -0.3 is 9.47 Å². The molecule has 0 radical (unpaired) electrons. The van der Waals surface area contributed by atoms with E-state index in [0.717, 1.165) is 52.1 Å². The van der Waals surface area contributed by atoms with E-state index in [-0.39, 0.29) is 11.2 Å². The number of hydrogen-bond donors (Lipinski definition) is 1. The van der Waals surface area contributed by atoms with Gasteiger partial charge in [0.2, 0.25) is 0 Å². The van der Waals surface area contributed by atoms with Crippen molar-refractivity contribution in [1.82, 2.24) is 0 Å². The Kier molecular flexibility index (Phi) is 10.3. The van der Waals surface area contributed by atoms with Gasteiger partial charge in [0.1, 0.15) is 0 Å². The van der Waals surface area contributed by atoms with Crippen LogP contribution in [0.4, 0.5) is 0 Å². The average Bonchev–Trinajstić information content (AvgIpc) is 2.44. The molecule has 1 fully saturated rings. The molecular formula is C17H34O5S. The zero-order valence-corrected chi connectivity index (χ0v) is 15.4. The number of unbranched alkanes of at least 4 members (excludes halogenated alkanes) is 9. The summed E-state index contributed by atoms with van der Waals surface area (Å²) >= 11 is 0. The van der Waals surface area contributed by atoms with Crippen LogP contribution in [0.1, 0.15) is 71.1 Å². The fraction of sp³-hybridized carbons (Fsp3) is 1.00. The summed E-state index contributed by atoms with van der Waals surface area (Å²) in [4.78, 5) is 0. The largest absolute Gasteiger partial charge is 0.381 e. The molecule has 1 saturated heterocycles. The Labute approximate surface area is 141 Å². The minimum atomic E-state index is -3.76. The molecule has 1 aliphatic rings. The van der Waals surface area contributed by atoms with E-state index < -0.39 is 10.1 Å². The fourth-order valence-electron chi connectivity index (χ4n) is 2.76. The molecule has 0 unspecified atom stereocenters. The van der Waals surface area contributed by atoms with Gasteiger partial charge in [0.25, 0.3) is 10.1 Å². The van der Waals surface area contributed by atoms with Gasteiger partial charge >= 0.3 is 0 Å². The second kappa shape index (κ2) is 11.4. The van der Waals surface area contributed by atoms with Crippen molar-refractivity contribution in [3.05, 3.63) is 0 Å². The molecule has 6 heteroatoms.